The van der Waals surface area contributed by atoms with Gasteiger partial charge in [0.25, 0.3) is 0 Å². The first-order valence-electron chi connectivity index (χ1n) is 7.52. The molecule has 0 fully saturated rings. The fraction of sp³-hybridized carbons (Fsp3) is 0.278. The standard InChI is InChI=1S/C18H20N2O4/c1-12-8-15(21)9-13(2)20(12)11-18(23)19-10-17(22)14-4-6-16(24-3)7-5-14/h4-9H,10-11H2,1-3H3,(H,19,23). The maximum absolute atomic E-state index is 12.1. The van der Waals surface area contributed by atoms with Gasteiger partial charge in [0.1, 0.15) is 12.3 Å². The number of pyridine rings is 1. The Morgan fingerprint density at radius 2 is 1.67 bits per heavy atom. The molecule has 2 aromatic rings. The van der Waals surface area contributed by atoms with Crippen molar-refractivity contribution in [2.75, 3.05) is 13.7 Å². The van der Waals surface area contributed by atoms with E-state index < -0.39 is 0 Å². The normalized spacial score (nSPS) is 10.3. The van der Waals surface area contributed by atoms with E-state index in [-0.39, 0.29) is 30.2 Å². The predicted octanol–water partition coefficient (Wildman–Crippen LogP) is 1.47. The van der Waals surface area contributed by atoms with Crippen LogP contribution in [0.25, 0.3) is 0 Å². The molecule has 1 N–H and O–H groups in total. The highest BCUT2D eigenvalue weighted by molar-refractivity contribution is 5.99. The highest BCUT2D eigenvalue weighted by Crippen LogP contribution is 2.11. The smallest absolute Gasteiger partial charge is 0.240 e. The second-order valence-corrected chi connectivity index (χ2v) is 5.49. The molecule has 0 spiro atoms. The van der Waals surface area contributed by atoms with Crippen LogP contribution < -0.4 is 15.5 Å². The van der Waals surface area contributed by atoms with Gasteiger partial charge in [-0.3, -0.25) is 14.4 Å². The van der Waals surface area contributed by atoms with Crippen LogP contribution in [0.15, 0.2) is 41.2 Å². The minimum atomic E-state index is -0.285. The van der Waals surface area contributed by atoms with Crippen LogP contribution in [-0.2, 0) is 11.3 Å². The van der Waals surface area contributed by atoms with Gasteiger partial charge in [-0.1, -0.05) is 0 Å². The van der Waals surface area contributed by atoms with Gasteiger partial charge in [-0.25, -0.2) is 0 Å². The van der Waals surface area contributed by atoms with Gasteiger partial charge in [-0.15, -0.1) is 0 Å². The molecule has 6 nitrogen and oxygen atoms in total. The first-order valence-corrected chi connectivity index (χ1v) is 7.52. The summed E-state index contributed by atoms with van der Waals surface area (Å²) >= 11 is 0. The molecule has 1 heterocycles. The second-order valence-electron chi connectivity index (χ2n) is 5.49. The van der Waals surface area contributed by atoms with Gasteiger partial charge in [-0.2, -0.15) is 0 Å². The molecule has 24 heavy (non-hydrogen) atoms. The van der Waals surface area contributed by atoms with Crippen LogP contribution in [0.2, 0.25) is 0 Å². The Morgan fingerprint density at radius 3 is 2.21 bits per heavy atom. The third kappa shape index (κ3) is 4.32. The van der Waals surface area contributed by atoms with Crippen molar-refractivity contribution < 1.29 is 14.3 Å². The highest BCUT2D eigenvalue weighted by atomic mass is 16.5. The van der Waals surface area contributed by atoms with Gasteiger partial charge in [0.05, 0.1) is 13.7 Å². The van der Waals surface area contributed by atoms with E-state index in [0.717, 1.165) is 0 Å². The average Bonchev–Trinajstić information content (AvgIpc) is 2.56. The van der Waals surface area contributed by atoms with E-state index in [1.807, 2.05) is 0 Å². The number of aromatic nitrogens is 1. The fourth-order valence-electron chi connectivity index (χ4n) is 2.39. The van der Waals surface area contributed by atoms with E-state index in [0.29, 0.717) is 22.7 Å². The summed E-state index contributed by atoms with van der Waals surface area (Å²) in [4.78, 5) is 35.5. The van der Waals surface area contributed by atoms with E-state index >= 15 is 0 Å². The van der Waals surface area contributed by atoms with Gasteiger partial charge in [0.2, 0.25) is 5.91 Å². The number of rotatable bonds is 6. The first kappa shape index (κ1) is 17.5. The summed E-state index contributed by atoms with van der Waals surface area (Å²) in [6.45, 7) is 3.52. The molecule has 0 unspecified atom stereocenters. The summed E-state index contributed by atoms with van der Waals surface area (Å²) in [7, 11) is 1.55. The lowest BCUT2D eigenvalue weighted by atomic mass is 10.1. The molecular weight excluding hydrogens is 308 g/mol. The Balaban J connectivity index is 1.95. The molecule has 0 atom stereocenters. The molecule has 2 rings (SSSR count). The Hall–Kier alpha value is -2.89. The van der Waals surface area contributed by atoms with Crippen LogP contribution in [0.4, 0.5) is 0 Å². The van der Waals surface area contributed by atoms with Gasteiger partial charge < -0.3 is 14.6 Å². The number of nitrogens with zero attached hydrogens (tertiary/aromatic N) is 1. The van der Waals surface area contributed by atoms with Crippen LogP contribution in [0.3, 0.4) is 0 Å². The van der Waals surface area contributed by atoms with Crippen molar-refractivity contribution in [1.82, 2.24) is 9.88 Å². The van der Waals surface area contributed by atoms with Crippen molar-refractivity contribution in [3.8, 4) is 5.75 Å². The quantitative estimate of drug-likeness (QED) is 0.815. The summed E-state index contributed by atoms with van der Waals surface area (Å²) < 4.78 is 6.77. The van der Waals surface area contributed by atoms with Crippen LogP contribution in [0.1, 0.15) is 21.7 Å². The Morgan fingerprint density at radius 1 is 1.08 bits per heavy atom. The lowest BCUT2D eigenvalue weighted by Gasteiger charge is -2.13. The lowest BCUT2D eigenvalue weighted by molar-refractivity contribution is -0.121. The van der Waals surface area contributed by atoms with Crippen molar-refractivity contribution in [2.45, 2.75) is 20.4 Å². The SMILES string of the molecule is COc1ccc(C(=O)CNC(=O)Cn2c(C)cc(=O)cc2C)cc1. The predicted molar refractivity (Wildman–Crippen MR) is 90.5 cm³/mol. The van der Waals surface area contributed by atoms with E-state index in [9.17, 15) is 14.4 Å². The number of ketones is 1. The molecule has 0 saturated carbocycles. The molecule has 1 aromatic carbocycles. The van der Waals surface area contributed by atoms with Gasteiger partial charge >= 0.3 is 0 Å². The summed E-state index contributed by atoms with van der Waals surface area (Å²) in [5.74, 6) is 0.200. The number of hydrogen-bond donors (Lipinski definition) is 1. The van der Waals surface area contributed by atoms with E-state index in [2.05, 4.69) is 5.32 Å². The maximum atomic E-state index is 12.1. The summed E-state index contributed by atoms with van der Waals surface area (Å²) in [5, 5.41) is 2.61. The molecule has 0 radical (unpaired) electrons. The number of carbonyl (C=O) groups excluding carboxylic acids is 2. The monoisotopic (exact) mass is 328 g/mol. The molecule has 1 aromatic heterocycles. The zero-order valence-electron chi connectivity index (χ0n) is 14.0. The number of amides is 1. The Kier molecular flexibility index (Phi) is 5.52. The zero-order chi connectivity index (χ0) is 17.7. The van der Waals surface area contributed by atoms with Crippen LogP contribution in [-0.4, -0.2) is 29.9 Å². The fourth-order valence-corrected chi connectivity index (χ4v) is 2.39. The Bertz CT molecular complexity index is 781. The van der Waals surface area contributed by atoms with Crippen molar-refractivity contribution in [3.63, 3.8) is 0 Å². The number of benzene rings is 1. The minimum absolute atomic E-state index is 0.0633. The first-order chi connectivity index (χ1) is 11.4. The van der Waals surface area contributed by atoms with Gasteiger partial charge in [0, 0.05) is 29.1 Å². The van der Waals surface area contributed by atoms with E-state index in [1.54, 1.807) is 49.8 Å². The van der Waals surface area contributed by atoms with E-state index in [4.69, 9.17) is 4.74 Å². The van der Waals surface area contributed by atoms with Crippen molar-refractivity contribution >= 4 is 11.7 Å². The minimum Gasteiger partial charge on any atom is -0.497 e. The number of hydrogen-bond acceptors (Lipinski definition) is 4. The maximum Gasteiger partial charge on any atom is 0.240 e. The second kappa shape index (κ2) is 7.59. The number of nitrogens with one attached hydrogen (secondary N) is 1. The number of ether oxygens (including phenoxy) is 1. The summed E-state index contributed by atoms with van der Waals surface area (Å²) in [6.07, 6.45) is 0. The third-order valence-corrected chi connectivity index (χ3v) is 3.71. The summed E-state index contributed by atoms with van der Waals surface area (Å²) in [5.41, 5.74) is 1.83. The molecule has 1 amide bonds. The lowest BCUT2D eigenvalue weighted by Crippen LogP contribution is -2.33. The zero-order valence-corrected chi connectivity index (χ0v) is 14.0. The van der Waals surface area contributed by atoms with Crippen molar-refractivity contribution in [1.29, 1.82) is 0 Å². The highest BCUT2D eigenvalue weighted by Gasteiger charge is 2.10. The van der Waals surface area contributed by atoms with Crippen molar-refractivity contribution in [2.24, 2.45) is 0 Å². The largest absolute Gasteiger partial charge is 0.497 e. The molecule has 6 heteroatoms. The molecule has 0 bridgehead atoms. The average molecular weight is 328 g/mol. The number of Topliss-reactive ketones (excluding diaryl/α,β-unsaturated/α-hetero) is 1. The molecule has 0 saturated heterocycles. The topological polar surface area (TPSA) is 77.4 Å². The number of methoxy groups -OCH3 is 1. The van der Waals surface area contributed by atoms with E-state index in [1.165, 1.54) is 12.1 Å². The van der Waals surface area contributed by atoms with Crippen LogP contribution in [0, 0.1) is 13.8 Å². The summed E-state index contributed by atoms with van der Waals surface area (Å²) in [6, 6.07) is 9.66. The number of carbonyl (C=O) groups is 2. The Labute approximate surface area is 140 Å². The molecule has 0 aliphatic carbocycles. The van der Waals surface area contributed by atoms with Crippen LogP contribution >= 0.6 is 0 Å². The molecule has 126 valence electrons. The molecule has 0 aliphatic heterocycles. The van der Waals surface area contributed by atoms with Gasteiger partial charge in [0.15, 0.2) is 11.2 Å². The van der Waals surface area contributed by atoms with Crippen molar-refractivity contribution in [3.05, 3.63) is 63.6 Å². The van der Waals surface area contributed by atoms with Gasteiger partial charge in [-0.05, 0) is 38.1 Å². The van der Waals surface area contributed by atoms with Crippen LogP contribution in [0.5, 0.6) is 5.75 Å². The number of aryl methyl sites for hydroxylation is 2. The molecular formula is C18H20N2O4. The third-order valence-electron chi connectivity index (χ3n) is 3.71. The molecule has 0 aliphatic rings.